The molecule has 0 spiro atoms. The van der Waals surface area contributed by atoms with Gasteiger partial charge in [0.15, 0.2) is 5.78 Å². The first kappa shape index (κ1) is 20.9. The second-order valence-electron chi connectivity index (χ2n) is 8.15. The van der Waals surface area contributed by atoms with Crippen LogP contribution >= 0.6 is 11.3 Å². The molecule has 0 amide bonds. The van der Waals surface area contributed by atoms with Crippen molar-refractivity contribution < 1.29 is 18.3 Å². The van der Waals surface area contributed by atoms with Crippen molar-refractivity contribution in [2.75, 3.05) is 6.61 Å². The normalized spacial score (nSPS) is 11.6. The quantitative estimate of drug-likeness (QED) is 0.374. The van der Waals surface area contributed by atoms with Crippen molar-refractivity contribution in [2.24, 2.45) is 5.41 Å². The van der Waals surface area contributed by atoms with Gasteiger partial charge in [-0.2, -0.15) is 0 Å². The maximum atomic E-state index is 13.1. The molecule has 2 aromatic heterocycles. The maximum Gasteiger partial charge on any atom is 0.345 e. The maximum absolute atomic E-state index is 13.1. The molecule has 2 heterocycles. The zero-order valence-corrected chi connectivity index (χ0v) is 18.1. The number of carbonyl (C=O) groups excluding carboxylic acids is 1. The third-order valence-electron chi connectivity index (χ3n) is 4.79. The van der Waals surface area contributed by atoms with Gasteiger partial charge in [0.2, 0.25) is 0 Å². The SMILES string of the molecule is CC(C)(C)C(=O)COc1ccc2cc(-c3csc(-c4ccc(F)cc4)n3)c(=O)oc2c1. The zero-order chi connectivity index (χ0) is 22.2. The Morgan fingerprint density at radius 2 is 1.87 bits per heavy atom. The molecule has 7 heteroatoms. The molecule has 31 heavy (non-hydrogen) atoms. The Labute approximate surface area is 182 Å². The van der Waals surface area contributed by atoms with Gasteiger partial charge in [-0.15, -0.1) is 11.3 Å². The fourth-order valence-electron chi connectivity index (χ4n) is 2.85. The zero-order valence-electron chi connectivity index (χ0n) is 17.3. The van der Waals surface area contributed by atoms with E-state index in [0.717, 1.165) is 5.56 Å². The van der Waals surface area contributed by atoms with Crippen LogP contribution in [0.25, 0.3) is 32.8 Å². The molecule has 4 aromatic rings. The summed E-state index contributed by atoms with van der Waals surface area (Å²) in [6.45, 7) is 5.45. The van der Waals surface area contributed by atoms with Crippen LogP contribution in [0.15, 0.2) is 63.1 Å². The molecule has 0 radical (unpaired) electrons. The third-order valence-corrected chi connectivity index (χ3v) is 5.68. The van der Waals surface area contributed by atoms with Gasteiger partial charge in [0.05, 0.1) is 11.3 Å². The van der Waals surface area contributed by atoms with Gasteiger partial charge in [0, 0.05) is 27.8 Å². The number of Topliss-reactive ketones (excluding diaryl/α,β-unsaturated/α-hetero) is 1. The highest BCUT2D eigenvalue weighted by Crippen LogP contribution is 2.30. The highest BCUT2D eigenvalue weighted by atomic mass is 32.1. The lowest BCUT2D eigenvalue weighted by Gasteiger charge is -2.16. The Bertz CT molecular complexity index is 1320. The first-order valence-electron chi connectivity index (χ1n) is 9.66. The molecule has 0 atom stereocenters. The molecule has 0 fully saturated rings. The lowest BCUT2D eigenvalue weighted by Crippen LogP contribution is -2.26. The molecule has 0 unspecified atom stereocenters. The average Bonchev–Trinajstić information content (AvgIpc) is 3.21. The molecule has 4 rings (SSSR count). The first-order chi connectivity index (χ1) is 14.7. The minimum atomic E-state index is -0.522. The van der Waals surface area contributed by atoms with Crippen LogP contribution in [-0.4, -0.2) is 17.4 Å². The van der Waals surface area contributed by atoms with E-state index >= 15 is 0 Å². The number of carbonyl (C=O) groups is 1. The van der Waals surface area contributed by atoms with Crippen LogP contribution in [0.2, 0.25) is 0 Å². The number of ketones is 1. The van der Waals surface area contributed by atoms with Crippen LogP contribution in [0.3, 0.4) is 0 Å². The number of aromatic nitrogens is 1. The van der Waals surface area contributed by atoms with Gasteiger partial charge < -0.3 is 9.15 Å². The lowest BCUT2D eigenvalue weighted by atomic mass is 9.91. The van der Waals surface area contributed by atoms with Crippen molar-refractivity contribution in [2.45, 2.75) is 20.8 Å². The Morgan fingerprint density at radius 3 is 2.58 bits per heavy atom. The number of fused-ring (bicyclic) bond motifs is 1. The molecule has 5 nitrogen and oxygen atoms in total. The van der Waals surface area contributed by atoms with E-state index in [1.807, 2.05) is 20.8 Å². The van der Waals surface area contributed by atoms with Crippen LogP contribution in [0, 0.1) is 11.2 Å². The summed E-state index contributed by atoms with van der Waals surface area (Å²) >= 11 is 1.37. The number of halogens is 1. The minimum Gasteiger partial charge on any atom is -0.486 e. The number of thiazole rings is 1. The number of benzene rings is 2. The topological polar surface area (TPSA) is 69.4 Å². The first-order valence-corrected chi connectivity index (χ1v) is 10.5. The Morgan fingerprint density at radius 1 is 1.13 bits per heavy atom. The molecule has 0 aliphatic rings. The van der Waals surface area contributed by atoms with Gasteiger partial charge in [-0.1, -0.05) is 20.8 Å². The van der Waals surface area contributed by atoms with Gasteiger partial charge in [-0.05, 0) is 42.5 Å². The largest absolute Gasteiger partial charge is 0.486 e. The van der Waals surface area contributed by atoms with Crippen molar-refractivity contribution >= 4 is 28.1 Å². The second kappa shape index (κ2) is 8.07. The van der Waals surface area contributed by atoms with Crippen LogP contribution in [0.5, 0.6) is 5.75 Å². The smallest absolute Gasteiger partial charge is 0.345 e. The molecule has 2 aromatic carbocycles. The summed E-state index contributed by atoms with van der Waals surface area (Å²) in [5, 5.41) is 3.16. The van der Waals surface area contributed by atoms with Crippen molar-refractivity contribution in [3.8, 4) is 27.6 Å². The molecular weight excluding hydrogens is 417 g/mol. The summed E-state index contributed by atoms with van der Waals surface area (Å²) in [5.74, 6) is 0.111. The standard InChI is InChI=1S/C24H20FNO4S/c1-24(2,3)21(27)12-29-17-9-6-15-10-18(23(28)30-20(15)11-17)19-13-31-22(26-19)14-4-7-16(25)8-5-14/h4-11,13H,12H2,1-3H3. The molecule has 0 aliphatic heterocycles. The van der Waals surface area contributed by atoms with E-state index in [1.165, 1.54) is 23.5 Å². The predicted molar refractivity (Wildman–Crippen MR) is 119 cm³/mol. The Balaban J connectivity index is 1.61. The van der Waals surface area contributed by atoms with Crippen LogP contribution in [0.4, 0.5) is 4.39 Å². The van der Waals surface area contributed by atoms with Crippen LogP contribution in [0.1, 0.15) is 20.8 Å². The summed E-state index contributed by atoms with van der Waals surface area (Å²) in [7, 11) is 0. The number of nitrogens with zero attached hydrogens (tertiary/aromatic N) is 1. The second-order valence-corrected chi connectivity index (χ2v) is 9.01. The van der Waals surface area contributed by atoms with E-state index in [0.29, 0.717) is 33.0 Å². The fraction of sp³-hybridized carbons (Fsp3) is 0.208. The van der Waals surface area contributed by atoms with Crippen molar-refractivity contribution in [1.82, 2.24) is 4.98 Å². The molecule has 0 N–H and O–H groups in total. The molecular formula is C24H20FNO4S. The average molecular weight is 437 g/mol. The van der Waals surface area contributed by atoms with E-state index in [-0.39, 0.29) is 18.2 Å². The van der Waals surface area contributed by atoms with E-state index in [9.17, 15) is 14.0 Å². The van der Waals surface area contributed by atoms with Crippen molar-refractivity contribution in [3.05, 3.63) is 70.1 Å². The molecule has 0 saturated heterocycles. The Hall–Kier alpha value is -3.32. The minimum absolute atomic E-state index is 0.0233. The van der Waals surface area contributed by atoms with Gasteiger partial charge in [-0.3, -0.25) is 4.79 Å². The number of hydrogen-bond acceptors (Lipinski definition) is 6. The highest BCUT2D eigenvalue weighted by molar-refractivity contribution is 7.13. The van der Waals surface area contributed by atoms with E-state index in [1.54, 1.807) is 41.8 Å². The highest BCUT2D eigenvalue weighted by Gasteiger charge is 2.21. The molecule has 0 saturated carbocycles. The van der Waals surface area contributed by atoms with Gasteiger partial charge in [0.1, 0.15) is 28.8 Å². The number of hydrogen-bond donors (Lipinski definition) is 0. The van der Waals surface area contributed by atoms with Crippen LogP contribution < -0.4 is 10.4 Å². The predicted octanol–water partition coefficient (Wildman–Crippen LogP) is 5.72. The van der Waals surface area contributed by atoms with Crippen molar-refractivity contribution in [3.63, 3.8) is 0 Å². The summed E-state index contributed by atoms with van der Waals surface area (Å²) in [6, 6.07) is 12.8. The van der Waals surface area contributed by atoms with Gasteiger partial charge in [-0.25, -0.2) is 14.2 Å². The van der Waals surface area contributed by atoms with Gasteiger partial charge >= 0.3 is 5.63 Å². The Kier molecular flexibility index (Phi) is 5.45. The van der Waals surface area contributed by atoms with Gasteiger partial charge in [0.25, 0.3) is 0 Å². The van der Waals surface area contributed by atoms with E-state index < -0.39 is 11.0 Å². The van der Waals surface area contributed by atoms with E-state index in [4.69, 9.17) is 9.15 Å². The number of ether oxygens (including phenoxy) is 1. The van der Waals surface area contributed by atoms with Crippen molar-refractivity contribution in [1.29, 1.82) is 0 Å². The summed E-state index contributed by atoms with van der Waals surface area (Å²) in [4.78, 5) is 29.2. The third kappa shape index (κ3) is 4.56. The monoisotopic (exact) mass is 437 g/mol. The number of rotatable bonds is 5. The van der Waals surface area contributed by atoms with E-state index in [2.05, 4.69) is 4.98 Å². The fourth-order valence-corrected chi connectivity index (χ4v) is 3.67. The summed E-state index contributed by atoms with van der Waals surface area (Å²) < 4.78 is 24.2. The molecule has 0 aliphatic carbocycles. The molecule has 0 bridgehead atoms. The van der Waals surface area contributed by atoms with Crippen LogP contribution in [-0.2, 0) is 4.79 Å². The molecule has 158 valence electrons. The lowest BCUT2D eigenvalue weighted by molar-refractivity contribution is -0.128. The summed E-state index contributed by atoms with van der Waals surface area (Å²) in [5.41, 5.74) is 0.965. The summed E-state index contributed by atoms with van der Waals surface area (Å²) in [6.07, 6.45) is 0.